The third kappa shape index (κ3) is 4.92. The van der Waals surface area contributed by atoms with E-state index < -0.39 is 29.8 Å². The first-order chi connectivity index (χ1) is 17.3. The Morgan fingerprint density at radius 2 is 1.92 bits per heavy atom. The number of tetrazole rings is 1. The van der Waals surface area contributed by atoms with E-state index in [-0.39, 0.29) is 31.3 Å². The Morgan fingerprint density at radius 1 is 1.11 bits per heavy atom. The minimum atomic E-state index is -4.55. The van der Waals surface area contributed by atoms with Crippen molar-refractivity contribution in [2.75, 3.05) is 18.0 Å². The van der Waals surface area contributed by atoms with Gasteiger partial charge in [0.1, 0.15) is 30.8 Å². The molecule has 4 heterocycles. The minimum Gasteiger partial charge on any atom is -0.484 e. The van der Waals surface area contributed by atoms with Crippen molar-refractivity contribution in [2.24, 2.45) is 0 Å². The molecule has 0 amide bonds. The number of alkyl halides is 4. The van der Waals surface area contributed by atoms with Crippen molar-refractivity contribution < 1.29 is 26.7 Å². The maximum absolute atomic E-state index is 14.9. The highest BCUT2D eigenvalue weighted by Crippen LogP contribution is 2.30. The second kappa shape index (κ2) is 9.43. The first-order valence-electron chi connectivity index (χ1n) is 10.6. The van der Waals surface area contributed by atoms with Crippen LogP contribution in [0.15, 0.2) is 43.1 Å². The second-order valence-electron chi connectivity index (χ2n) is 7.90. The second-order valence-corrected chi connectivity index (χ2v) is 7.90. The molecule has 11 nitrogen and oxygen atoms in total. The summed E-state index contributed by atoms with van der Waals surface area (Å²) in [6, 6.07) is 3.52. The van der Waals surface area contributed by atoms with E-state index in [0.717, 1.165) is 0 Å². The Bertz CT molecular complexity index is 1310. The van der Waals surface area contributed by atoms with E-state index in [1.165, 1.54) is 39.0 Å². The monoisotopic (exact) mass is 508 g/mol. The highest BCUT2D eigenvalue weighted by molar-refractivity contribution is 5.37. The van der Waals surface area contributed by atoms with Crippen molar-refractivity contribution in [1.82, 2.24) is 45.2 Å². The molecule has 3 aromatic heterocycles. The Balaban J connectivity index is 1.18. The molecule has 1 aromatic carbocycles. The zero-order valence-electron chi connectivity index (χ0n) is 18.3. The molecule has 4 aromatic rings. The van der Waals surface area contributed by atoms with Crippen LogP contribution in [-0.2, 0) is 12.8 Å². The number of aromatic nitrogens is 9. The van der Waals surface area contributed by atoms with Gasteiger partial charge in [-0.15, -0.1) is 5.10 Å². The average molecular weight is 508 g/mol. The Kier molecular flexibility index (Phi) is 6.15. The Hall–Kier alpha value is -4.24. The van der Waals surface area contributed by atoms with Gasteiger partial charge >= 0.3 is 6.18 Å². The van der Waals surface area contributed by atoms with Gasteiger partial charge in [0, 0.05) is 25.0 Å². The summed E-state index contributed by atoms with van der Waals surface area (Å²) in [6.45, 7) is 0.0568. The van der Waals surface area contributed by atoms with Crippen LogP contribution in [0, 0.1) is 5.82 Å². The van der Waals surface area contributed by atoms with E-state index in [9.17, 15) is 22.0 Å². The molecule has 0 saturated carbocycles. The van der Waals surface area contributed by atoms with Crippen LogP contribution in [0.3, 0.4) is 0 Å². The van der Waals surface area contributed by atoms with E-state index in [4.69, 9.17) is 4.74 Å². The van der Waals surface area contributed by atoms with E-state index >= 15 is 0 Å². The fourth-order valence-corrected chi connectivity index (χ4v) is 3.68. The standard InChI is InChI=1S/C20H17F5N10O/c21-15-5-14(34-11-28-31-32-34)1-2-18(15)36-10-13-8-29-35(30-13)17-3-4-33(9-16(17)22)19-26-6-12(7-27-19)20(23,24)25/h1-2,5-8,11,16-17H,3-4,9-10H2/t16-,17-/m0/s1. The van der Waals surface area contributed by atoms with Crippen molar-refractivity contribution in [2.45, 2.75) is 31.4 Å². The fourth-order valence-electron chi connectivity index (χ4n) is 3.68. The molecule has 1 aliphatic heterocycles. The molecule has 36 heavy (non-hydrogen) atoms. The minimum absolute atomic E-state index is 0.0136. The van der Waals surface area contributed by atoms with Crippen LogP contribution in [0.4, 0.5) is 27.9 Å². The fraction of sp³-hybridized carbons (Fsp3) is 0.350. The van der Waals surface area contributed by atoms with Gasteiger partial charge in [-0.2, -0.15) is 28.2 Å². The lowest BCUT2D eigenvalue weighted by atomic mass is 10.0. The molecule has 16 heteroatoms. The van der Waals surface area contributed by atoms with Crippen molar-refractivity contribution in [1.29, 1.82) is 0 Å². The smallest absolute Gasteiger partial charge is 0.419 e. The SMILES string of the molecule is Fc1cc(-n2cnnn2)ccc1OCc1cnn([C@H]2CCN(c3ncc(C(F)(F)F)cn3)C[C@@H]2F)n1. The molecule has 0 unspecified atom stereocenters. The Morgan fingerprint density at radius 3 is 2.58 bits per heavy atom. The van der Waals surface area contributed by atoms with Crippen LogP contribution in [0.2, 0.25) is 0 Å². The van der Waals surface area contributed by atoms with Gasteiger partial charge in [-0.25, -0.2) is 23.4 Å². The number of piperidine rings is 1. The summed E-state index contributed by atoms with van der Waals surface area (Å²) < 4.78 is 74.2. The number of benzene rings is 1. The summed E-state index contributed by atoms with van der Waals surface area (Å²) in [6.07, 6.45) is -1.64. The number of ether oxygens (including phenoxy) is 1. The molecule has 5 rings (SSSR count). The lowest BCUT2D eigenvalue weighted by molar-refractivity contribution is -0.138. The number of hydrogen-bond acceptors (Lipinski definition) is 9. The normalized spacial score (nSPS) is 18.4. The highest BCUT2D eigenvalue weighted by Gasteiger charge is 2.35. The van der Waals surface area contributed by atoms with Gasteiger partial charge in [0.25, 0.3) is 0 Å². The topological polar surface area (TPSA) is 113 Å². The molecule has 0 radical (unpaired) electrons. The Labute approximate surface area is 199 Å². The number of anilines is 1. The van der Waals surface area contributed by atoms with Crippen molar-refractivity contribution in [3.05, 3.63) is 60.2 Å². The van der Waals surface area contributed by atoms with Gasteiger partial charge < -0.3 is 9.64 Å². The summed E-state index contributed by atoms with van der Waals surface area (Å²) in [5, 5.41) is 19.0. The van der Waals surface area contributed by atoms with E-state index in [2.05, 4.69) is 35.7 Å². The van der Waals surface area contributed by atoms with E-state index in [0.29, 0.717) is 30.3 Å². The number of hydrogen-bond donors (Lipinski definition) is 0. The number of nitrogens with zero attached hydrogens (tertiary/aromatic N) is 10. The van der Waals surface area contributed by atoms with Gasteiger partial charge in [-0.05, 0) is 29.0 Å². The first kappa shape index (κ1) is 23.5. The van der Waals surface area contributed by atoms with Crippen LogP contribution in [0.1, 0.15) is 23.7 Å². The van der Waals surface area contributed by atoms with Gasteiger partial charge in [0.2, 0.25) is 5.95 Å². The molecule has 0 N–H and O–H groups in total. The molecule has 0 aliphatic carbocycles. The quantitative estimate of drug-likeness (QED) is 0.363. The van der Waals surface area contributed by atoms with Gasteiger partial charge in [0.05, 0.1) is 24.0 Å². The number of halogens is 5. The molecule has 0 bridgehead atoms. The maximum Gasteiger partial charge on any atom is 0.419 e. The van der Waals surface area contributed by atoms with Gasteiger partial charge in [-0.3, -0.25) is 0 Å². The third-order valence-corrected chi connectivity index (χ3v) is 5.51. The first-order valence-corrected chi connectivity index (χ1v) is 10.6. The molecular formula is C20H17F5N10O. The van der Waals surface area contributed by atoms with Crippen molar-refractivity contribution >= 4 is 5.95 Å². The molecule has 1 aliphatic rings. The van der Waals surface area contributed by atoms with Crippen molar-refractivity contribution in [3.8, 4) is 11.4 Å². The van der Waals surface area contributed by atoms with Crippen LogP contribution in [-0.4, -0.2) is 64.4 Å². The number of rotatable bonds is 6. The maximum atomic E-state index is 14.9. The molecule has 1 saturated heterocycles. The predicted octanol–water partition coefficient (Wildman–Crippen LogP) is 2.57. The van der Waals surface area contributed by atoms with Gasteiger partial charge in [-0.1, -0.05) is 0 Å². The zero-order chi connectivity index (χ0) is 25.3. The summed E-state index contributed by atoms with van der Waals surface area (Å²) in [5.74, 6) is -0.633. The zero-order valence-corrected chi connectivity index (χ0v) is 18.3. The predicted molar refractivity (Wildman–Crippen MR) is 111 cm³/mol. The molecule has 1 fully saturated rings. The van der Waals surface area contributed by atoms with Crippen LogP contribution in [0.5, 0.6) is 5.75 Å². The lowest BCUT2D eigenvalue weighted by Crippen LogP contribution is -2.44. The van der Waals surface area contributed by atoms with Gasteiger partial charge in [0.15, 0.2) is 11.6 Å². The summed E-state index contributed by atoms with van der Waals surface area (Å²) in [5.41, 5.74) is -0.200. The molecule has 2 atom stereocenters. The van der Waals surface area contributed by atoms with Crippen LogP contribution < -0.4 is 9.64 Å². The molecule has 188 valence electrons. The van der Waals surface area contributed by atoms with E-state index in [1.54, 1.807) is 6.07 Å². The molecule has 0 spiro atoms. The summed E-state index contributed by atoms with van der Waals surface area (Å²) >= 11 is 0. The molecular weight excluding hydrogens is 491 g/mol. The lowest BCUT2D eigenvalue weighted by Gasteiger charge is -2.34. The summed E-state index contributed by atoms with van der Waals surface area (Å²) in [4.78, 5) is 10.1. The van der Waals surface area contributed by atoms with Crippen LogP contribution >= 0.6 is 0 Å². The van der Waals surface area contributed by atoms with Crippen LogP contribution in [0.25, 0.3) is 5.69 Å². The average Bonchev–Trinajstić information content (AvgIpc) is 3.55. The highest BCUT2D eigenvalue weighted by atomic mass is 19.4. The summed E-state index contributed by atoms with van der Waals surface area (Å²) in [7, 11) is 0. The third-order valence-electron chi connectivity index (χ3n) is 5.51. The van der Waals surface area contributed by atoms with Crippen molar-refractivity contribution in [3.63, 3.8) is 0 Å². The van der Waals surface area contributed by atoms with E-state index in [1.807, 2.05) is 0 Å². The largest absolute Gasteiger partial charge is 0.484 e.